The predicted octanol–water partition coefficient (Wildman–Crippen LogP) is 3.08. The molecule has 1 aromatic heterocycles. The average molecular weight is 408 g/mol. The summed E-state index contributed by atoms with van der Waals surface area (Å²) in [6, 6.07) is 7.63. The Morgan fingerprint density at radius 2 is 2.00 bits per heavy atom. The van der Waals surface area contributed by atoms with E-state index in [2.05, 4.69) is 10.2 Å². The van der Waals surface area contributed by atoms with Crippen LogP contribution in [0.4, 0.5) is 4.39 Å². The molecular weight excluding hydrogens is 387 g/mol. The number of carbonyl (C=O) groups is 2. The number of rotatable bonds is 3. The standard InChI is InChI=1S/C22H21FN4O3/c23-15-5-4-13-10-27(11-14(13)7-15)22(30)17-8-16-18(9-20(17)28)24-25-19(16)12-26-6-2-1-3-21(26)29/h4-5,7-9,28H,1-3,6,10-12H2,(H,24,25). The number of aromatic hydroxyl groups is 1. The van der Waals surface area contributed by atoms with Gasteiger partial charge in [-0.15, -0.1) is 0 Å². The molecule has 2 aliphatic rings. The highest BCUT2D eigenvalue weighted by molar-refractivity contribution is 6.01. The lowest BCUT2D eigenvalue weighted by molar-refractivity contribution is -0.133. The number of piperidine rings is 1. The second-order valence-electron chi connectivity index (χ2n) is 7.93. The average Bonchev–Trinajstić information content (AvgIpc) is 3.32. The molecule has 3 heterocycles. The number of aromatic nitrogens is 2. The summed E-state index contributed by atoms with van der Waals surface area (Å²) in [6.45, 7) is 1.72. The number of H-pyrrole nitrogens is 1. The third-order valence-electron chi connectivity index (χ3n) is 5.93. The number of likely N-dealkylation sites (tertiary alicyclic amines) is 1. The van der Waals surface area contributed by atoms with E-state index in [-0.39, 0.29) is 28.9 Å². The number of nitrogens with one attached hydrogen (secondary N) is 1. The summed E-state index contributed by atoms with van der Waals surface area (Å²) < 4.78 is 13.5. The number of hydrogen-bond donors (Lipinski definition) is 2. The van der Waals surface area contributed by atoms with Crippen LogP contribution in [0.1, 0.15) is 46.4 Å². The number of hydrogen-bond acceptors (Lipinski definition) is 4. The van der Waals surface area contributed by atoms with Crippen molar-refractivity contribution in [1.82, 2.24) is 20.0 Å². The highest BCUT2D eigenvalue weighted by Crippen LogP contribution is 2.31. The molecule has 1 fully saturated rings. The Labute approximate surface area is 172 Å². The summed E-state index contributed by atoms with van der Waals surface area (Å²) in [6.07, 6.45) is 2.42. The van der Waals surface area contributed by atoms with Gasteiger partial charge in [0.2, 0.25) is 5.91 Å². The molecule has 2 aliphatic heterocycles. The summed E-state index contributed by atoms with van der Waals surface area (Å²) in [5.74, 6) is -0.691. The van der Waals surface area contributed by atoms with E-state index in [0.717, 1.165) is 24.0 Å². The zero-order valence-corrected chi connectivity index (χ0v) is 16.3. The number of phenols is 1. The smallest absolute Gasteiger partial charge is 0.258 e. The van der Waals surface area contributed by atoms with Gasteiger partial charge < -0.3 is 14.9 Å². The predicted molar refractivity (Wildman–Crippen MR) is 107 cm³/mol. The second kappa shape index (κ2) is 7.12. The fourth-order valence-corrected chi connectivity index (χ4v) is 4.29. The second-order valence-corrected chi connectivity index (χ2v) is 7.93. The Morgan fingerprint density at radius 3 is 2.83 bits per heavy atom. The first kappa shape index (κ1) is 18.6. The molecule has 7 nitrogen and oxygen atoms in total. The first-order valence-electron chi connectivity index (χ1n) is 10.0. The quantitative estimate of drug-likeness (QED) is 0.697. The molecule has 2 aromatic carbocycles. The number of nitrogens with zero attached hydrogens (tertiary/aromatic N) is 3. The van der Waals surface area contributed by atoms with Crippen LogP contribution in [-0.4, -0.2) is 43.5 Å². The Balaban J connectivity index is 1.44. The topological polar surface area (TPSA) is 89.5 Å². The number of halogens is 1. The van der Waals surface area contributed by atoms with Crippen LogP contribution in [0.5, 0.6) is 5.75 Å². The fourth-order valence-electron chi connectivity index (χ4n) is 4.29. The van der Waals surface area contributed by atoms with Gasteiger partial charge in [0.05, 0.1) is 23.3 Å². The zero-order valence-electron chi connectivity index (χ0n) is 16.3. The Bertz CT molecular complexity index is 1170. The molecule has 0 radical (unpaired) electrons. The van der Waals surface area contributed by atoms with Crippen LogP contribution in [0.15, 0.2) is 30.3 Å². The van der Waals surface area contributed by atoms with Crippen LogP contribution in [0, 0.1) is 5.82 Å². The van der Waals surface area contributed by atoms with Gasteiger partial charge in [-0.1, -0.05) is 6.07 Å². The van der Waals surface area contributed by atoms with Gasteiger partial charge in [-0.3, -0.25) is 14.7 Å². The number of amides is 2. The molecule has 0 saturated carbocycles. The minimum Gasteiger partial charge on any atom is -0.507 e. The van der Waals surface area contributed by atoms with Crippen LogP contribution in [0.3, 0.4) is 0 Å². The van der Waals surface area contributed by atoms with E-state index in [0.29, 0.717) is 49.2 Å². The van der Waals surface area contributed by atoms with Crippen LogP contribution in [-0.2, 0) is 24.4 Å². The lowest BCUT2D eigenvalue weighted by Gasteiger charge is -2.26. The van der Waals surface area contributed by atoms with Gasteiger partial charge in [0.25, 0.3) is 5.91 Å². The largest absolute Gasteiger partial charge is 0.507 e. The van der Waals surface area contributed by atoms with Crippen molar-refractivity contribution in [3.8, 4) is 5.75 Å². The number of carbonyl (C=O) groups excluding carboxylic acids is 2. The molecule has 5 rings (SSSR count). The van der Waals surface area contributed by atoms with Gasteiger partial charge in [-0.05, 0) is 42.2 Å². The summed E-state index contributed by atoms with van der Waals surface area (Å²) in [7, 11) is 0. The maximum Gasteiger partial charge on any atom is 0.258 e. The van der Waals surface area contributed by atoms with Gasteiger partial charge >= 0.3 is 0 Å². The summed E-state index contributed by atoms with van der Waals surface area (Å²) in [5.41, 5.74) is 3.12. The van der Waals surface area contributed by atoms with Crippen molar-refractivity contribution >= 4 is 22.7 Å². The Hall–Kier alpha value is -3.42. The van der Waals surface area contributed by atoms with Crippen LogP contribution in [0.25, 0.3) is 10.9 Å². The molecule has 8 heteroatoms. The van der Waals surface area contributed by atoms with Crippen molar-refractivity contribution in [3.63, 3.8) is 0 Å². The third-order valence-corrected chi connectivity index (χ3v) is 5.93. The molecule has 0 bridgehead atoms. The van der Waals surface area contributed by atoms with Gasteiger partial charge in [-0.25, -0.2) is 4.39 Å². The summed E-state index contributed by atoms with van der Waals surface area (Å²) in [5, 5.41) is 18.3. The monoisotopic (exact) mass is 408 g/mol. The Morgan fingerprint density at radius 1 is 1.17 bits per heavy atom. The Kier molecular flexibility index (Phi) is 4.42. The van der Waals surface area contributed by atoms with Gasteiger partial charge in [-0.2, -0.15) is 5.10 Å². The highest BCUT2D eigenvalue weighted by atomic mass is 19.1. The van der Waals surface area contributed by atoms with E-state index >= 15 is 0 Å². The normalized spacial score (nSPS) is 16.4. The van der Waals surface area contributed by atoms with Crippen molar-refractivity contribution < 1.29 is 19.1 Å². The molecule has 154 valence electrons. The van der Waals surface area contributed by atoms with Crippen LogP contribution >= 0.6 is 0 Å². The number of aromatic amines is 1. The van der Waals surface area contributed by atoms with Gasteiger partial charge in [0, 0.05) is 37.5 Å². The van der Waals surface area contributed by atoms with E-state index in [4.69, 9.17) is 0 Å². The molecule has 30 heavy (non-hydrogen) atoms. The van der Waals surface area contributed by atoms with Gasteiger partial charge in [0.15, 0.2) is 0 Å². The van der Waals surface area contributed by atoms with Crippen LogP contribution < -0.4 is 0 Å². The number of fused-ring (bicyclic) bond motifs is 2. The molecule has 0 aliphatic carbocycles. The molecule has 1 saturated heterocycles. The molecule has 2 amide bonds. The molecule has 0 spiro atoms. The summed E-state index contributed by atoms with van der Waals surface area (Å²) >= 11 is 0. The van der Waals surface area contributed by atoms with E-state index in [1.54, 1.807) is 21.9 Å². The molecule has 0 atom stereocenters. The highest BCUT2D eigenvalue weighted by Gasteiger charge is 2.27. The lowest BCUT2D eigenvalue weighted by Crippen LogP contribution is -2.34. The van der Waals surface area contributed by atoms with Crippen molar-refractivity contribution in [2.45, 2.75) is 38.9 Å². The first-order chi connectivity index (χ1) is 14.5. The fraction of sp³-hybridized carbons (Fsp3) is 0.318. The minimum atomic E-state index is -0.331. The summed E-state index contributed by atoms with van der Waals surface area (Å²) in [4.78, 5) is 28.6. The molecule has 3 aromatic rings. The van der Waals surface area contributed by atoms with Crippen molar-refractivity contribution in [1.29, 1.82) is 0 Å². The van der Waals surface area contributed by atoms with Crippen molar-refractivity contribution in [2.75, 3.05) is 6.54 Å². The third kappa shape index (κ3) is 3.18. The number of phenolic OH excluding ortho intramolecular Hbond substituents is 1. The van der Waals surface area contributed by atoms with E-state index < -0.39 is 0 Å². The first-order valence-corrected chi connectivity index (χ1v) is 10.0. The lowest BCUT2D eigenvalue weighted by atomic mass is 10.1. The minimum absolute atomic E-state index is 0.106. The van der Waals surface area contributed by atoms with Crippen molar-refractivity contribution in [2.24, 2.45) is 0 Å². The van der Waals surface area contributed by atoms with E-state index in [1.165, 1.54) is 18.2 Å². The van der Waals surface area contributed by atoms with Crippen LogP contribution in [0.2, 0.25) is 0 Å². The maximum atomic E-state index is 13.5. The van der Waals surface area contributed by atoms with Crippen molar-refractivity contribution in [3.05, 3.63) is 58.5 Å². The van der Waals surface area contributed by atoms with Gasteiger partial charge in [0.1, 0.15) is 11.6 Å². The zero-order chi connectivity index (χ0) is 20.8. The SMILES string of the molecule is O=C1CCCCN1Cc1n[nH]c2cc(O)c(C(=O)N3Cc4ccc(F)cc4C3)cc12. The molecule has 2 N–H and O–H groups in total. The van der Waals surface area contributed by atoms with E-state index in [9.17, 15) is 19.1 Å². The molecule has 0 unspecified atom stereocenters. The molecular formula is C22H21FN4O3. The number of benzene rings is 2. The van der Waals surface area contributed by atoms with E-state index in [1.807, 2.05) is 0 Å². The maximum absolute atomic E-state index is 13.5.